The van der Waals surface area contributed by atoms with E-state index in [2.05, 4.69) is 105 Å². The Labute approximate surface area is 292 Å². The quantitative estimate of drug-likeness (QED) is 0.170. The van der Waals surface area contributed by atoms with Gasteiger partial charge in [0.05, 0.1) is 26.2 Å². The molecule has 0 saturated carbocycles. The van der Waals surface area contributed by atoms with Gasteiger partial charge in [0.1, 0.15) is 23.0 Å². The molecule has 0 radical (unpaired) electrons. The molecule has 6 aromatic carbocycles. The van der Waals surface area contributed by atoms with Crippen molar-refractivity contribution in [2.45, 2.75) is 42.1 Å². The first-order valence-electron chi connectivity index (χ1n) is 16.6. The largest absolute Gasteiger partial charge is 0.497 e. The van der Waals surface area contributed by atoms with Crippen LogP contribution in [0.25, 0.3) is 28.0 Å². The summed E-state index contributed by atoms with van der Waals surface area (Å²) in [7, 11) is 5.14. The molecular weight excluding hydrogens is 625 g/mol. The van der Waals surface area contributed by atoms with Crippen molar-refractivity contribution in [2.75, 3.05) is 21.3 Å². The molecule has 0 atom stereocenters. The molecule has 0 amide bonds. The second kappa shape index (κ2) is 12.4. The van der Waals surface area contributed by atoms with E-state index in [1.165, 1.54) is 43.7 Å². The first-order chi connectivity index (χ1) is 23.9. The van der Waals surface area contributed by atoms with Crippen LogP contribution in [0.15, 0.2) is 119 Å². The van der Waals surface area contributed by atoms with Crippen LogP contribution < -0.4 is 18.9 Å². The summed E-state index contributed by atoms with van der Waals surface area (Å²) >= 11 is 1.77. The molecule has 1 heterocycles. The van der Waals surface area contributed by atoms with Gasteiger partial charge in [0.15, 0.2) is 5.60 Å². The molecule has 1 aliphatic heterocycles. The molecule has 0 unspecified atom stereocenters. The van der Waals surface area contributed by atoms with Gasteiger partial charge in [-0.3, -0.25) is 0 Å². The fraction of sp³-hybridized carbons (Fsp3) is 0.182. The van der Waals surface area contributed by atoms with Crippen LogP contribution in [0.5, 0.6) is 23.0 Å². The van der Waals surface area contributed by atoms with Gasteiger partial charge in [-0.05, 0) is 108 Å². The van der Waals surface area contributed by atoms with E-state index in [0.717, 1.165) is 62.8 Å². The standard InChI is InChI=1S/C44H38O4S/c1-27-9-8-10-28(2)43(27)49-40-26-37-38(25-39(40)47-5)42-36(35-22-13-29-11-6-7-12-34(29)41(35)37)23-24-44(48-42,30-14-18-32(45-3)19-15-30)31-16-20-33(46-4)21-17-31/h6-12,14-21,23-26H,13,22H2,1-5H3. The lowest BCUT2D eigenvalue weighted by molar-refractivity contribution is 0.163. The predicted octanol–water partition coefficient (Wildman–Crippen LogP) is 10.7. The lowest BCUT2D eigenvalue weighted by Gasteiger charge is -2.38. The van der Waals surface area contributed by atoms with Crippen molar-refractivity contribution >= 4 is 28.6 Å². The molecule has 0 saturated heterocycles. The van der Waals surface area contributed by atoms with E-state index in [4.69, 9.17) is 18.9 Å². The van der Waals surface area contributed by atoms with E-state index >= 15 is 0 Å². The van der Waals surface area contributed by atoms with Crippen molar-refractivity contribution < 1.29 is 18.9 Å². The lowest BCUT2D eigenvalue weighted by atomic mass is 9.77. The molecule has 0 bridgehead atoms. The van der Waals surface area contributed by atoms with Crippen molar-refractivity contribution in [2.24, 2.45) is 0 Å². The van der Waals surface area contributed by atoms with Gasteiger partial charge < -0.3 is 18.9 Å². The third-order valence-electron chi connectivity index (χ3n) is 10.0. The van der Waals surface area contributed by atoms with E-state index in [1.807, 2.05) is 24.3 Å². The van der Waals surface area contributed by atoms with Crippen molar-refractivity contribution in [1.82, 2.24) is 0 Å². The van der Waals surface area contributed by atoms with Crippen LogP contribution in [0.1, 0.15) is 38.9 Å². The Morgan fingerprint density at radius 1 is 0.673 bits per heavy atom. The highest BCUT2D eigenvalue weighted by Gasteiger charge is 2.40. The Hall–Kier alpha value is -5.13. The maximum Gasteiger partial charge on any atom is 0.178 e. The number of methoxy groups -OCH3 is 3. The smallest absolute Gasteiger partial charge is 0.178 e. The zero-order valence-electron chi connectivity index (χ0n) is 28.4. The highest BCUT2D eigenvalue weighted by atomic mass is 32.2. The minimum Gasteiger partial charge on any atom is -0.497 e. The lowest BCUT2D eigenvalue weighted by Crippen LogP contribution is -2.34. The third kappa shape index (κ3) is 5.15. The van der Waals surface area contributed by atoms with Crippen LogP contribution in [0.3, 0.4) is 0 Å². The van der Waals surface area contributed by atoms with E-state index in [9.17, 15) is 0 Å². The van der Waals surface area contributed by atoms with Crippen molar-refractivity contribution in [3.8, 4) is 34.1 Å². The van der Waals surface area contributed by atoms with Gasteiger partial charge in [-0.1, -0.05) is 84.6 Å². The van der Waals surface area contributed by atoms with Gasteiger partial charge in [0.25, 0.3) is 0 Å². The minimum atomic E-state index is -0.891. The van der Waals surface area contributed by atoms with Gasteiger partial charge in [0.2, 0.25) is 0 Å². The van der Waals surface area contributed by atoms with Crippen LogP contribution >= 0.6 is 11.8 Å². The number of ether oxygens (including phenoxy) is 4. The number of hydrogen-bond donors (Lipinski definition) is 0. The SMILES string of the molecule is COc1ccc(C2(c3ccc(OC)cc3)C=Cc3c4c(c5cc(Sc6c(C)cccc6C)c(OC)cc5c3O2)-c2ccccc2CC4)cc1. The molecule has 244 valence electrons. The predicted molar refractivity (Wildman–Crippen MR) is 200 cm³/mol. The van der Waals surface area contributed by atoms with E-state index in [1.54, 1.807) is 33.1 Å². The second-order valence-corrected chi connectivity index (χ2v) is 13.8. The Bertz CT molecular complexity index is 2180. The molecule has 1 aliphatic carbocycles. The molecule has 4 nitrogen and oxygen atoms in total. The van der Waals surface area contributed by atoms with E-state index < -0.39 is 5.60 Å². The average Bonchev–Trinajstić information content (AvgIpc) is 3.15. The number of rotatable bonds is 7. The zero-order valence-corrected chi connectivity index (χ0v) is 29.2. The summed E-state index contributed by atoms with van der Waals surface area (Å²) in [6.07, 6.45) is 6.42. The van der Waals surface area contributed by atoms with Crippen molar-refractivity contribution in [3.63, 3.8) is 0 Å². The van der Waals surface area contributed by atoms with E-state index in [0.29, 0.717) is 0 Å². The molecule has 2 aliphatic rings. The molecule has 49 heavy (non-hydrogen) atoms. The van der Waals surface area contributed by atoms with Crippen molar-refractivity contribution in [1.29, 1.82) is 0 Å². The van der Waals surface area contributed by atoms with Crippen LogP contribution in [-0.4, -0.2) is 21.3 Å². The van der Waals surface area contributed by atoms with Gasteiger partial charge in [-0.25, -0.2) is 0 Å². The Balaban J connectivity index is 1.41. The highest BCUT2D eigenvalue weighted by Crippen LogP contribution is 2.53. The number of aryl methyl sites for hydroxylation is 3. The van der Waals surface area contributed by atoms with Crippen molar-refractivity contribution in [3.05, 3.63) is 148 Å². The monoisotopic (exact) mass is 662 g/mol. The van der Waals surface area contributed by atoms with Gasteiger partial charge >= 0.3 is 0 Å². The third-order valence-corrected chi connectivity index (χ3v) is 11.4. The molecule has 5 heteroatoms. The summed E-state index contributed by atoms with van der Waals surface area (Å²) in [4.78, 5) is 2.34. The Morgan fingerprint density at radius 3 is 1.96 bits per heavy atom. The summed E-state index contributed by atoms with van der Waals surface area (Å²) in [5, 5.41) is 2.20. The fourth-order valence-electron chi connectivity index (χ4n) is 7.49. The van der Waals surface area contributed by atoms with Crippen LogP contribution in [0.4, 0.5) is 0 Å². The fourth-order valence-corrected chi connectivity index (χ4v) is 8.59. The first-order valence-corrected chi connectivity index (χ1v) is 17.5. The maximum absolute atomic E-state index is 7.47. The summed E-state index contributed by atoms with van der Waals surface area (Å²) in [6, 6.07) is 36.2. The molecule has 0 spiro atoms. The molecule has 6 aromatic rings. The van der Waals surface area contributed by atoms with Gasteiger partial charge in [-0.2, -0.15) is 0 Å². The molecule has 8 rings (SSSR count). The molecular formula is C44H38O4S. The average molecular weight is 663 g/mol. The Kier molecular flexibility index (Phi) is 7.88. The molecule has 0 N–H and O–H groups in total. The summed E-state index contributed by atoms with van der Waals surface area (Å²) in [5.41, 5.74) is 10.0. The Morgan fingerprint density at radius 2 is 1.33 bits per heavy atom. The normalized spacial score (nSPS) is 14.0. The van der Waals surface area contributed by atoms with Gasteiger partial charge in [-0.15, -0.1) is 0 Å². The number of benzene rings is 6. The molecule has 0 fully saturated rings. The summed E-state index contributed by atoms with van der Waals surface area (Å²) in [5.74, 6) is 3.28. The minimum absolute atomic E-state index is 0.797. The molecule has 0 aromatic heterocycles. The van der Waals surface area contributed by atoms with Crippen LogP contribution in [-0.2, 0) is 18.4 Å². The topological polar surface area (TPSA) is 36.9 Å². The summed E-state index contributed by atoms with van der Waals surface area (Å²) in [6.45, 7) is 4.35. The zero-order chi connectivity index (χ0) is 33.7. The van der Waals surface area contributed by atoms with Gasteiger partial charge in [0, 0.05) is 27.0 Å². The van der Waals surface area contributed by atoms with Crippen LogP contribution in [0.2, 0.25) is 0 Å². The maximum atomic E-state index is 7.47. The second-order valence-electron chi connectivity index (χ2n) is 12.8. The summed E-state index contributed by atoms with van der Waals surface area (Å²) < 4.78 is 24.7. The number of hydrogen-bond acceptors (Lipinski definition) is 5. The highest BCUT2D eigenvalue weighted by molar-refractivity contribution is 7.99. The first kappa shape index (κ1) is 31.2. The van der Waals surface area contributed by atoms with Crippen LogP contribution in [0, 0.1) is 13.8 Å². The van der Waals surface area contributed by atoms with E-state index in [-0.39, 0.29) is 0 Å². The number of fused-ring (bicyclic) bond motifs is 8.